The minimum atomic E-state index is -0.543. The van der Waals surface area contributed by atoms with Crippen molar-refractivity contribution in [2.75, 3.05) is 12.3 Å². The van der Waals surface area contributed by atoms with Crippen molar-refractivity contribution >= 4 is 11.8 Å². The summed E-state index contributed by atoms with van der Waals surface area (Å²) >= 11 is 0. The lowest BCUT2D eigenvalue weighted by Crippen LogP contribution is -2.32. The molecule has 3 N–H and O–H groups in total. The molecule has 1 amide bonds. The SMILES string of the molecule is CC(C)(C)OC(=O)NCC#Cc1ccc(F)cc1N. The Labute approximate surface area is 112 Å². The fraction of sp³-hybridized carbons (Fsp3) is 0.357. The van der Waals surface area contributed by atoms with E-state index < -0.39 is 17.5 Å². The van der Waals surface area contributed by atoms with Crippen LogP contribution in [0.5, 0.6) is 0 Å². The Bertz CT molecular complexity index is 524. The van der Waals surface area contributed by atoms with Crippen molar-refractivity contribution in [3.05, 3.63) is 29.6 Å². The fourth-order valence-corrected chi connectivity index (χ4v) is 1.22. The maximum atomic E-state index is 12.8. The van der Waals surface area contributed by atoms with Gasteiger partial charge in [-0.05, 0) is 39.0 Å². The predicted molar refractivity (Wildman–Crippen MR) is 71.9 cm³/mol. The topological polar surface area (TPSA) is 64.3 Å². The Hall–Kier alpha value is -2.22. The molecule has 0 aliphatic carbocycles. The summed E-state index contributed by atoms with van der Waals surface area (Å²) in [5, 5.41) is 2.49. The van der Waals surface area contributed by atoms with Gasteiger partial charge in [-0.15, -0.1) is 0 Å². The summed E-state index contributed by atoms with van der Waals surface area (Å²) in [6, 6.07) is 3.97. The first kappa shape index (κ1) is 14.8. The third kappa shape index (κ3) is 5.77. The second-order valence-corrected chi connectivity index (χ2v) is 4.89. The normalized spacial score (nSPS) is 10.3. The lowest BCUT2D eigenvalue weighted by Gasteiger charge is -2.19. The Kier molecular flexibility index (Phi) is 4.76. The number of alkyl carbamates (subject to hydrolysis) is 1. The number of benzene rings is 1. The van der Waals surface area contributed by atoms with E-state index in [1.807, 2.05) is 0 Å². The molecule has 0 spiro atoms. The van der Waals surface area contributed by atoms with Gasteiger partial charge in [0.05, 0.1) is 12.2 Å². The van der Waals surface area contributed by atoms with Crippen molar-refractivity contribution in [2.24, 2.45) is 0 Å². The highest BCUT2D eigenvalue weighted by atomic mass is 19.1. The smallest absolute Gasteiger partial charge is 0.408 e. The molecule has 0 saturated heterocycles. The molecule has 0 bridgehead atoms. The maximum absolute atomic E-state index is 12.8. The molecule has 4 nitrogen and oxygen atoms in total. The second kappa shape index (κ2) is 6.10. The second-order valence-electron chi connectivity index (χ2n) is 4.89. The van der Waals surface area contributed by atoms with Gasteiger partial charge in [0.15, 0.2) is 0 Å². The van der Waals surface area contributed by atoms with Crippen LogP contribution in [0.15, 0.2) is 18.2 Å². The van der Waals surface area contributed by atoms with Crippen LogP contribution in [-0.2, 0) is 4.74 Å². The minimum Gasteiger partial charge on any atom is -0.444 e. The molecule has 0 heterocycles. The first-order chi connectivity index (χ1) is 8.78. The molecule has 102 valence electrons. The highest BCUT2D eigenvalue weighted by molar-refractivity contribution is 5.68. The molecule has 0 aliphatic rings. The zero-order chi connectivity index (χ0) is 14.5. The third-order valence-electron chi connectivity index (χ3n) is 1.96. The van der Waals surface area contributed by atoms with Crippen molar-refractivity contribution in [3.8, 4) is 11.8 Å². The van der Waals surface area contributed by atoms with Gasteiger partial charge < -0.3 is 15.8 Å². The average molecular weight is 264 g/mol. The van der Waals surface area contributed by atoms with Crippen LogP contribution in [0.4, 0.5) is 14.9 Å². The number of rotatable bonds is 1. The highest BCUT2D eigenvalue weighted by Crippen LogP contribution is 2.11. The van der Waals surface area contributed by atoms with Gasteiger partial charge in [0.25, 0.3) is 0 Å². The fourth-order valence-electron chi connectivity index (χ4n) is 1.22. The number of nitrogen functional groups attached to an aromatic ring is 1. The molecule has 19 heavy (non-hydrogen) atoms. The van der Waals surface area contributed by atoms with Crippen LogP contribution in [0.2, 0.25) is 0 Å². The van der Waals surface area contributed by atoms with Gasteiger partial charge in [-0.1, -0.05) is 11.8 Å². The van der Waals surface area contributed by atoms with Crippen LogP contribution in [0, 0.1) is 17.7 Å². The Morgan fingerprint density at radius 2 is 2.16 bits per heavy atom. The molecule has 0 aromatic heterocycles. The zero-order valence-corrected chi connectivity index (χ0v) is 11.2. The van der Waals surface area contributed by atoms with Gasteiger partial charge in [-0.2, -0.15) is 0 Å². The van der Waals surface area contributed by atoms with Crippen LogP contribution in [0.25, 0.3) is 0 Å². The van der Waals surface area contributed by atoms with Crippen molar-refractivity contribution in [3.63, 3.8) is 0 Å². The number of hydrogen-bond donors (Lipinski definition) is 2. The van der Waals surface area contributed by atoms with Crippen LogP contribution >= 0.6 is 0 Å². The van der Waals surface area contributed by atoms with Gasteiger partial charge in [0, 0.05) is 5.56 Å². The van der Waals surface area contributed by atoms with Crippen molar-refractivity contribution < 1.29 is 13.9 Å². The van der Waals surface area contributed by atoms with E-state index in [9.17, 15) is 9.18 Å². The summed E-state index contributed by atoms with van der Waals surface area (Å²) in [6.45, 7) is 5.46. The zero-order valence-electron chi connectivity index (χ0n) is 11.2. The van der Waals surface area contributed by atoms with Gasteiger partial charge in [0.2, 0.25) is 0 Å². The number of nitrogens with two attached hydrogens (primary N) is 1. The Balaban J connectivity index is 2.50. The van der Waals surface area contributed by atoms with Crippen molar-refractivity contribution in [1.82, 2.24) is 5.32 Å². The van der Waals surface area contributed by atoms with E-state index in [1.165, 1.54) is 18.2 Å². The summed E-state index contributed by atoms with van der Waals surface area (Å²) in [4.78, 5) is 11.3. The monoisotopic (exact) mass is 264 g/mol. The number of amides is 1. The summed E-state index contributed by atoms with van der Waals surface area (Å²) in [7, 11) is 0. The molecule has 1 aromatic carbocycles. The molecule has 0 atom stereocenters. The number of carbonyl (C=O) groups is 1. The predicted octanol–water partition coefficient (Wildman–Crippen LogP) is 2.28. The molecule has 0 radical (unpaired) electrons. The van der Waals surface area contributed by atoms with Crippen LogP contribution in [0.3, 0.4) is 0 Å². The number of hydrogen-bond acceptors (Lipinski definition) is 3. The highest BCUT2D eigenvalue weighted by Gasteiger charge is 2.14. The Morgan fingerprint density at radius 3 is 2.74 bits per heavy atom. The maximum Gasteiger partial charge on any atom is 0.408 e. The van der Waals surface area contributed by atoms with E-state index >= 15 is 0 Å². The minimum absolute atomic E-state index is 0.131. The van der Waals surface area contributed by atoms with Gasteiger partial charge in [-0.3, -0.25) is 0 Å². The van der Waals surface area contributed by atoms with E-state index in [-0.39, 0.29) is 12.2 Å². The third-order valence-corrected chi connectivity index (χ3v) is 1.96. The first-order valence-corrected chi connectivity index (χ1v) is 5.79. The molecule has 5 heteroatoms. The summed E-state index contributed by atoms with van der Waals surface area (Å²) in [5.74, 6) is 5.05. The lowest BCUT2D eigenvalue weighted by atomic mass is 10.2. The van der Waals surface area contributed by atoms with Gasteiger partial charge >= 0.3 is 6.09 Å². The van der Waals surface area contributed by atoms with Gasteiger partial charge in [-0.25, -0.2) is 9.18 Å². The Morgan fingerprint density at radius 1 is 1.47 bits per heavy atom. The molecule has 1 aromatic rings. The molecule has 0 fully saturated rings. The quantitative estimate of drug-likeness (QED) is 0.604. The molecular formula is C14H17FN2O2. The molecule has 0 aliphatic heterocycles. The van der Waals surface area contributed by atoms with E-state index in [0.29, 0.717) is 5.56 Å². The van der Waals surface area contributed by atoms with Gasteiger partial charge in [0.1, 0.15) is 11.4 Å². The van der Waals surface area contributed by atoms with E-state index in [0.717, 1.165) is 0 Å². The van der Waals surface area contributed by atoms with Crippen LogP contribution in [0.1, 0.15) is 26.3 Å². The number of anilines is 1. The standard InChI is InChI=1S/C14H17FN2O2/c1-14(2,3)19-13(18)17-8-4-5-10-6-7-11(15)9-12(10)16/h6-7,9H,8,16H2,1-3H3,(H,17,18). The number of ether oxygens (including phenoxy) is 1. The molecule has 0 saturated carbocycles. The first-order valence-electron chi connectivity index (χ1n) is 5.79. The number of carbonyl (C=O) groups excluding carboxylic acids is 1. The lowest BCUT2D eigenvalue weighted by molar-refractivity contribution is 0.0535. The van der Waals surface area contributed by atoms with Crippen LogP contribution < -0.4 is 11.1 Å². The number of nitrogens with one attached hydrogen (secondary N) is 1. The molecule has 1 rings (SSSR count). The number of halogens is 1. The summed E-state index contributed by atoms with van der Waals surface area (Å²) in [5.41, 5.74) is 5.84. The van der Waals surface area contributed by atoms with E-state index in [2.05, 4.69) is 17.2 Å². The van der Waals surface area contributed by atoms with Crippen LogP contribution in [-0.4, -0.2) is 18.2 Å². The average Bonchev–Trinajstić information content (AvgIpc) is 2.24. The van der Waals surface area contributed by atoms with Crippen molar-refractivity contribution in [1.29, 1.82) is 0 Å². The van der Waals surface area contributed by atoms with E-state index in [4.69, 9.17) is 10.5 Å². The molecule has 0 unspecified atom stereocenters. The summed E-state index contributed by atoms with van der Waals surface area (Å²) in [6.07, 6.45) is -0.533. The van der Waals surface area contributed by atoms with Crippen molar-refractivity contribution in [2.45, 2.75) is 26.4 Å². The molecular weight excluding hydrogens is 247 g/mol. The largest absolute Gasteiger partial charge is 0.444 e. The summed E-state index contributed by atoms with van der Waals surface area (Å²) < 4.78 is 17.8. The van der Waals surface area contributed by atoms with E-state index in [1.54, 1.807) is 20.8 Å².